The van der Waals surface area contributed by atoms with Crippen LogP contribution in [-0.2, 0) is 0 Å². The Hall–Kier alpha value is -2.67. The molecule has 0 fully saturated rings. The van der Waals surface area contributed by atoms with Crippen molar-refractivity contribution in [2.24, 2.45) is 0 Å². The van der Waals surface area contributed by atoms with E-state index in [9.17, 15) is 9.18 Å². The van der Waals surface area contributed by atoms with Gasteiger partial charge in [-0.05, 0) is 42.5 Å². The van der Waals surface area contributed by atoms with Crippen LogP contribution in [0.3, 0.4) is 0 Å². The van der Waals surface area contributed by atoms with E-state index in [1.165, 1.54) is 17.8 Å². The molecule has 0 amide bonds. The summed E-state index contributed by atoms with van der Waals surface area (Å²) in [5.74, 6) is -0.0527. The van der Waals surface area contributed by atoms with Crippen LogP contribution in [0.1, 0.15) is 10.4 Å². The highest BCUT2D eigenvalue weighted by molar-refractivity contribution is 7.99. The van der Waals surface area contributed by atoms with Crippen LogP contribution in [-0.4, -0.2) is 26.3 Å². The van der Waals surface area contributed by atoms with Crippen molar-refractivity contribution in [1.29, 1.82) is 0 Å². The number of hydrogen-bond acceptors (Lipinski definition) is 4. The fourth-order valence-electron chi connectivity index (χ4n) is 2.87. The summed E-state index contributed by atoms with van der Waals surface area (Å²) in [6, 6.07) is 20.5. The van der Waals surface area contributed by atoms with Crippen molar-refractivity contribution in [2.75, 3.05) is 5.75 Å². The summed E-state index contributed by atoms with van der Waals surface area (Å²) in [5, 5.41) is 9.61. The zero-order chi connectivity index (χ0) is 21.1. The summed E-state index contributed by atoms with van der Waals surface area (Å²) < 4.78 is 16.2. The Balaban J connectivity index is 1.67. The molecule has 4 rings (SSSR count). The molecule has 0 radical (unpaired) electrons. The highest BCUT2D eigenvalue weighted by Gasteiger charge is 2.19. The van der Waals surface area contributed by atoms with E-state index in [2.05, 4.69) is 10.2 Å². The quantitative estimate of drug-likeness (QED) is 0.249. The van der Waals surface area contributed by atoms with Crippen molar-refractivity contribution in [3.63, 3.8) is 0 Å². The Morgan fingerprint density at radius 1 is 0.933 bits per heavy atom. The van der Waals surface area contributed by atoms with Crippen LogP contribution in [0.25, 0.3) is 17.1 Å². The second-order valence-corrected chi connectivity index (χ2v) is 8.05. The summed E-state index contributed by atoms with van der Waals surface area (Å²) in [7, 11) is 0. The number of halogens is 3. The lowest BCUT2D eigenvalue weighted by Gasteiger charge is -2.10. The summed E-state index contributed by atoms with van der Waals surface area (Å²) in [6.45, 7) is 0. The van der Waals surface area contributed by atoms with Crippen LogP contribution in [0.2, 0.25) is 10.0 Å². The van der Waals surface area contributed by atoms with Gasteiger partial charge in [0.25, 0.3) is 0 Å². The van der Waals surface area contributed by atoms with Gasteiger partial charge in [0.05, 0.1) is 21.4 Å². The molecule has 0 bridgehead atoms. The average molecular weight is 458 g/mol. The van der Waals surface area contributed by atoms with Crippen LogP contribution >= 0.6 is 35.0 Å². The maximum atomic E-state index is 14.4. The van der Waals surface area contributed by atoms with Gasteiger partial charge in [0, 0.05) is 11.3 Å². The van der Waals surface area contributed by atoms with Crippen LogP contribution in [0.5, 0.6) is 0 Å². The molecule has 0 spiro atoms. The van der Waals surface area contributed by atoms with Crippen LogP contribution < -0.4 is 0 Å². The molecule has 0 unspecified atom stereocenters. The van der Waals surface area contributed by atoms with Gasteiger partial charge in [-0.1, -0.05) is 65.3 Å². The highest BCUT2D eigenvalue weighted by atomic mass is 35.5. The lowest BCUT2D eigenvalue weighted by atomic mass is 10.1. The van der Waals surface area contributed by atoms with E-state index in [0.29, 0.717) is 32.2 Å². The number of carbonyl (C=O) groups is 1. The number of ketones is 1. The number of benzene rings is 3. The third-order valence-electron chi connectivity index (χ3n) is 4.34. The van der Waals surface area contributed by atoms with Gasteiger partial charge in [-0.25, -0.2) is 4.39 Å². The number of rotatable bonds is 6. The Labute approximate surface area is 186 Å². The largest absolute Gasteiger partial charge is 0.293 e. The van der Waals surface area contributed by atoms with Crippen molar-refractivity contribution in [3.05, 3.63) is 94.2 Å². The zero-order valence-electron chi connectivity index (χ0n) is 15.4. The Bertz CT molecular complexity index is 1210. The highest BCUT2D eigenvalue weighted by Crippen LogP contribution is 2.30. The van der Waals surface area contributed by atoms with Crippen LogP contribution in [0.4, 0.5) is 4.39 Å². The standard InChI is InChI=1S/C22H14Cl2FN3OS/c23-17-11-10-14(12-18(17)24)20(29)13-30-22-27-26-21(16-8-4-5-9-19(16)25)28(22)15-6-2-1-3-7-15/h1-12H,13H2. The minimum Gasteiger partial charge on any atom is -0.293 e. The summed E-state index contributed by atoms with van der Waals surface area (Å²) in [4.78, 5) is 12.6. The van der Waals surface area contributed by atoms with Crippen molar-refractivity contribution >= 4 is 40.7 Å². The molecular formula is C22H14Cl2FN3OS. The van der Waals surface area contributed by atoms with Crippen LogP contribution in [0.15, 0.2) is 78.0 Å². The second-order valence-electron chi connectivity index (χ2n) is 6.30. The summed E-state index contributed by atoms with van der Waals surface area (Å²) in [5.41, 5.74) is 1.55. The van der Waals surface area contributed by atoms with Gasteiger partial charge < -0.3 is 0 Å². The molecule has 0 aliphatic carbocycles. The van der Waals surface area contributed by atoms with Gasteiger partial charge in [0.2, 0.25) is 0 Å². The topological polar surface area (TPSA) is 47.8 Å². The number of thioether (sulfide) groups is 1. The molecule has 1 heterocycles. The zero-order valence-corrected chi connectivity index (χ0v) is 17.8. The number of nitrogens with zero attached hydrogens (tertiary/aromatic N) is 3. The minimum atomic E-state index is -0.398. The van der Waals surface area contributed by atoms with E-state index < -0.39 is 5.82 Å². The molecule has 0 saturated heterocycles. The Morgan fingerprint density at radius 2 is 1.67 bits per heavy atom. The fourth-order valence-corrected chi connectivity index (χ4v) is 4.02. The summed E-state index contributed by atoms with van der Waals surface area (Å²) >= 11 is 13.2. The van der Waals surface area contributed by atoms with Crippen molar-refractivity contribution in [1.82, 2.24) is 14.8 Å². The predicted octanol–water partition coefficient (Wildman–Crippen LogP) is 6.36. The van der Waals surface area contributed by atoms with Gasteiger partial charge in [-0.3, -0.25) is 9.36 Å². The molecule has 3 aromatic carbocycles. The van der Waals surface area contributed by atoms with Gasteiger partial charge in [-0.15, -0.1) is 10.2 Å². The van der Waals surface area contributed by atoms with E-state index in [4.69, 9.17) is 23.2 Å². The molecule has 8 heteroatoms. The number of aromatic nitrogens is 3. The Kier molecular flexibility index (Phi) is 6.18. The SMILES string of the molecule is O=C(CSc1nnc(-c2ccccc2F)n1-c1ccccc1)c1ccc(Cl)c(Cl)c1. The molecule has 4 aromatic rings. The molecule has 0 aliphatic heterocycles. The average Bonchev–Trinajstić information content (AvgIpc) is 3.18. The van der Waals surface area contributed by atoms with E-state index in [-0.39, 0.29) is 11.5 Å². The van der Waals surface area contributed by atoms with Gasteiger partial charge >= 0.3 is 0 Å². The molecular weight excluding hydrogens is 444 g/mol. The normalized spacial score (nSPS) is 10.9. The maximum absolute atomic E-state index is 14.4. The van der Waals surface area contributed by atoms with E-state index in [1.54, 1.807) is 41.0 Å². The van der Waals surface area contributed by atoms with Gasteiger partial charge in [0.1, 0.15) is 5.82 Å². The van der Waals surface area contributed by atoms with E-state index >= 15 is 0 Å². The predicted molar refractivity (Wildman–Crippen MR) is 118 cm³/mol. The lowest BCUT2D eigenvalue weighted by Crippen LogP contribution is -2.05. The maximum Gasteiger partial charge on any atom is 0.196 e. The minimum absolute atomic E-state index is 0.111. The smallest absolute Gasteiger partial charge is 0.196 e. The molecule has 150 valence electrons. The number of carbonyl (C=O) groups excluding carboxylic acids is 1. The van der Waals surface area contributed by atoms with Crippen molar-refractivity contribution in [3.8, 4) is 17.1 Å². The number of Topliss-reactive ketones (excluding diaryl/α,β-unsaturated/α-hetero) is 1. The summed E-state index contributed by atoms with van der Waals surface area (Å²) in [6.07, 6.45) is 0. The first-order valence-electron chi connectivity index (χ1n) is 8.91. The van der Waals surface area contributed by atoms with Crippen molar-refractivity contribution < 1.29 is 9.18 Å². The first-order valence-corrected chi connectivity index (χ1v) is 10.7. The molecule has 4 nitrogen and oxygen atoms in total. The molecule has 0 aliphatic rings. The van der Waals surface area contributed by atoms with Gasteiger partial charge in [-0.2, -0.15) is 0 Å². The number of hydrogen-bond donors (Lipinski definition) is 0. The van der Waals surface area contributed by atoms with Gasteiger partial charge in [0.15, 0.2) is 16.8 Å². The van der Waals surface area contributed by atoms with Crippen molar-refractivity contribution in [2.45, 2.75) is 5.16 Å². The molecule has 0 N–H and O–H groups in total. The first kappa shape index (κ1) is 20.6. The number of para-hydroxylation sites is 1. The molecule has 0 atom stereocenters. The third-order valence-corrected chi connectivity index (χ3v) is 6.00. The molecule has 30 heavy (non-hydrogen) atoms. The monoisotopic (exact) mass is 457 g/mol. The Morgan fingerprint density at radius 3 is 2.40 bits per heavy atom. The van der Waals surface area contributed by atoms with E-state index in [1.807, 2.05) is 30.3 Å². The third kappa shape index (κ3) is 4.26. The molecule has 0 saturated carbocycles. The van der Waals surface area contributed by atoms with Crippen LogP contribution in [0, 0.1) is 5.82 Å². The fraction of sp³-hybridized carbons (Fsp3) is 0.0455. The van der Waals surface area contributed by atoms with E-state index in [0.717, 1.165) is 5.69 Å². The lowest BCUT2D eigenvalue weighted by molar-refractivity contribution is 0.102. The first-order chi connectivity index (χ1) is 14.5. The molecule has 1 aromatic heterocycles. The second kappa shape index (κ2) is 9.00.